The lowest BCUT2D eigenvalue weighted by atomic mass is 10.1. The number of aryl methyl sites for hydroxylation is 1. The normalized spacial score (nSPS) is 12.7. The minimum absolute atomic E-state index is 0.141. The molecule has 26 heavy (non-hydrogen) atoms. The highest BCUT2D eigenvalue weighted by Crippen LogP contribution is 2.37. The molecule has 0 bridgehead atoms. The number of nitro benzene ring substituents is 1. The largest absolute Gasteiger partial charge is 0.436 e. The minimum atomic E-state index is -4.78. The maximum Gasteiger partial charge on any atom is 0.417 e. The van der Waals surface area contributed by atoms with Gasteiger partial charge in [-0.3, -0.25) is 10.1 Å². The standard InChI is InChI=1S/C14H10ClF4N2O4P/c1-2-7-3-10(21(22)23)12(26(15)24)5-11(7)25-13-9(16)4-8(6-20-13)14(17,18)19/h3-6,26H,2H2,1H3. The van der Waals surface area contributed by atoms with Gasteiger partial charge < -0.3 is 9.30 Å². The summed E-state index contributed by atoms with van der Waals surface area (Å²) >= 11 is 5.50. The molecule has 0 aliphatic rings. The summed E-state index contributed by atoms with van der Waals surface area (Å²) in [5.41, 5.74) is -1.55. The molecule has 1 heterocycles. The molecule has 0 N–H and O–H groups in total. The van der Waals surface area contributed by atoms with E-state index in [-0.39, 0.29) is 29.1 Å². The predicted molar refractivity (Wildman–Crippen MR) is 86.2 cm³/mol. The highest BCUT2D eigenvalue weighted by Gasteiger charge is 2.32. The highest BCUT2D eigenvalue weighted by molar-refractivity contribution is 7.80. The van der Waals surface area contributed by atoms with Crippen LogP contribution in [0.4, 0.5) is 23.2 Å². The van der Waals surface area contributed by atoms with Gasteiger partial charge in [0, 0.05) is 17.8 Å². The Balaban J connectivity index is 2.51. The van der Waals surface area contributed by atoms with Gasteiger partial charge in [-0.05, 0) is 18.6 Å². The number of aromatic nitrogens is 1. The lowest BCUT2D eigenvalue weighted by Crippen LogP contribution is -2.09. The molecule has 0 aliphatic heterocycles. The molecule has 0 amide bonds. The molecular formula is C14H10ClF4N2O4P. The summed E-state index contributed by atoms with van der Waals surface area (Å²) in [7, 11) is -3.02. The van der Waals surface area contributed by atoms with E-state index in [0.717, 1.165) is 12.1 Å². The van der Waals surface area contributed by atoms with Gasteiger partial charge in [-0.15, -0.1) is 0 Å². The van der Waals surface area contributed by atoms with E-state index in [0.29, 0.717) is 6.20 Å². The van der Waals surface area contributed by atoms with Crippen LogP contribution in [0.15, 0.2) is 24.4 Å². The van der Waals surface area contributed by atoms with Gasteiger partial charge in [0.25, 0.3) is 11.6 Å². The Bertz CT molecular complexity index is 892. The molecule has 1 aromatic carbocycles. The van der Waals surface area contributed by atoms with E-state index in [2.05, 4.69) is 4.98 Å². The summed E-state index contributed by atoms with van der Waals surface area (Å²) in [6.07, 6.45) is -4.18. The van der Waals surface area contributed by atoms with Crippen molar-refractivity contribution in [1.29, 1.82) is 0 Å². The molecule has 0 fully saturated rings. The molecular weight excluding hydrogens is 403 g/mol. The maximum atomic E-state index is 13.9. The Kier molecular flexibility index (Phi) is 5.87. The Morgan fingerprint density at radius 3 is 2.46 bits per heavy atom. The van der Waals surface area contributed by atoms with Crippen LogP contribution in [0.5, 0.6) is 11.6 Å². The molecule has 12 heteroatoms. The van der Waals surface area contributed by atoms with Crippen molar-refractivity contribution in [3.63, 3.8) is 0 Å². The fraction of sp³-hybridized carbons (Fsp3) is 0.214. The number of benzene rings is 1. The van der Waals surface area contributed by atoms with Crippen molar-refractivity contribution in [3.8, 4) is 11.6 Å². The third-order valence-corrected chi connectivity index (χ3v) is 4.74. The van der Waals surface area contributed by atoms with Crippen LogP contribution >= 0.6 is 18.4 Å². The molecule has 2 rings (SSSR count). The van der Waals surface area contributed by atoms with Gasteiger partial charge in [-0.2, -0.15) is 13.2 Å². The second-order valence-electron chi connectivity index (χ2n) is 4.97. The van der Waals surface area contributed by atoms with Crippen molar-refractivity contribution in [2.45, 2.75) is 19.5 Å². The van der Waals surface area contributed by atoms with Crippen molar-refractivity contribution in [1.82, 2.24) is 4.98 Å². The van der Waals surface area contributed by atoms with Crippen LogP contribution < -0.4 is 10.0 Å². The molecule has 0 radical (unpaired) electrons. The van der Waals surface area contributed by atoms with Gasteiger partial charge in [0.05, 0.1) is 10.5 Å². The van der Waals surface area contributed by atoms with E-state index in [1.165, 1.54) is 0 Å². The first kappa shape index (κ1) is 20.1. The van der Waals surface area contributed by atoms with E-state index in [4.69, 9.17) is 16.0 Å². The Morgan fingerprint density at radius 2 is 2.00 bits per heavy atom. The summed E-state index contributed by atoms with van der Waals surface area (Å²) in [5, 5.41) is 10.7. The van der Waals surface area contributed by atoms with Crippen LogP contribution in [0.1, 0.15) is 18.1 Å². The molecule has 6 nitrogen and oxygen atoms in total. The van der Waals surface area contributed by atoms with Gasteiger partial charge in [0.15, 0.2) is 13.0 Å². The topological polar surface area (TPSA) is 82.3 Å². The van der Waals surface area contributed by atoms with Crippen LogP contribution in [0.3, 0.4) is 0 Å². The first-order valence-electron chi connectivity index (χ1n) is 6.96. The number of hydrogen-bond acceptors (Lipinski definition) is 5. The molecule has 0 spiro atoms. The summed E-state index contributed by atoms with van der Waals surface area (Å²) in [4.78, 5) is 13.6. The first-order chi connectivity index (χ1) is 12.0. The van der Waals surface area contributed by atoms with Crippen LogP contribution in [0.25, 0.3) is 0 Å². The zero-order valence-corrected chi connectivity index (χ0v) is 14.7. The van der Waals surface area contributed by atoms with E-state index < -0.39 is 41.2 Å². The van der Waals surface area contributed by atoms with Crippen molar-refractivity contribution >= 4 is 29.4 Å². The monoisotopic (exact) mass is 412 g/mol. The number of hydrogen-bond donors (Lipinski definition) is 0. The number of nitro groups is 1. The second-order valence-corrected chi connectivity index (χ2v) is 7.09. The molecule has 1 unspecified atom stereocenters. The average molecular weight is 413 g/mol. The fourth-order valence-electron chi connectivity index (χ4n) is 2.05. The number of nitrogens with zero attached hydrogens (tertiary/aromatic N) is 2. The maximum absolute atomic E-state index is 13.9. The quantitative estimate of drug-likeness (QED) is 0.304. The summed E-state index contributed by atoms with van der Waals surface area (Å²) in [6.45, 7) is 1.62. The zero-order chi connectivity index (χ0) is 19.6. The highest BCUT2D eigenvalue weighted by atomic mass is 35.7. The summed E-state index contributed by atoms with van der Waals surface area (Å²) in [6, 6.07) is 2.28. The van der Waals surface area contributed by atoms with Crippen LogP contribution in [-0.4, -0.2) is 9.91 Å². The lowest BCUT2D eigenvalue weighted by molar-refractivity contribution is -0.383. The molecule has 2 aromatic rings. The van der Waals surface area contributed by atoms with Gasteiger partial charge in [-0.1, -0.05) is 18.2 Å². The lowest BCUT2D eigenvalue weighted by Gasteiger charge is -2.13. The van der Waals surface area contributed by atoms with Crippen molar-refractivity contribution in [2.75, 3.05) is 0 Å². The molecule has 0 saturated carbocycles. The summed E-state index contributed by atoms with van der Waals surface area (Å²) in [5.74, 6) is -2.28. The first-order valence-corrected chi connectivity index (χ1v) is 9.38. The van der Waals surface area contributed by atoms with E-state index in [1.807, 2.05) is 0 Å². The van der Waals surface area contributed by atoms with E-state index >= 15 is 0 Å². The smallest absolute Gasteiger partial charge is 0.417 e. The van der Waals surface area contributed by atoms with Gasteiger partial charge >= 0.3 is 6.18 Å². The van der Waals surface area contributed by atoms with Crippen molar-refractivity contribution < 1.29 is 31.8 Å². The van der Waals surface area contributed by atoms with Crippen LogP contribution in [-0.2, 0) is 17.2 Å². The third-order valence-electron chi connectivity index (χ3n) is 3.31. The molecule has 140 valence electrons. The molecule has 0 saturated heterocycles. The second kappa shape index (κ2) is 7.59. The van der Waals surface area contributed by atoms with Crippen molar-refractivity contribution in [3.05, 3.63) is 51.5 Å². The minimum Gasteiger partial charge on any atom is -0.436 e. The number of rotatable bonds is 5. The number of pyridine rings is 1. The van der Waals surface area contributed by atoms with E-state index in [1.54, 1.807) is 6.92 Å². The average Bonchev–Trinajstić information content (AvgIpc) is 2.54. The van der Waals surface area contributed by atoms with Gasteiger partial charge in [0.2, 0.25) is 0 Å². The zero-order valence-electron chi connectivity index (χ0n) is 12.9. The Morgan fingerprint density at radius 1 is 1.35 bits per heavy atom. The van der Waals surface area contributed by atoms with Gasteiger partial charge in [0.1, 0.15) is 11.1 Å². The SMILES string of the molecule is CCc1cc([N+](=O)[O-])c([PH](=O)Cl)cc1Oc1ncc(C(F)(F)F)cc1F. The van der Waals surface area contributed by atoms with Crippen molar-refractivity contribution in [2.24, 2.45) is 0 Å². The third kappa shape index (κ3) is 4.31. The van der Waals surface area contributed by atoms with Crippen LogP contribution in [0.2, 0.25) is 0 Å². The Hall–Kier alpha value is -2.19. The number of alkyl halides is 3. The summed E-state index contributed by atoms with van der Waals surface area (Å²) < 4.78 is 68.3. The number of ether oxygens (including phenoxy) is 1. The van der Waals surface area contributed by atoms with Crippen LogP contribution in [0, 0.1) is 15.9 Å². The fourth-order valence-corrected chi connectivity index (χ4v) is 3.11. The predicted octanol–water partition coefficient (Wildman–Crippen LogP) is 4.84. The molecule has 1 aromatic heterocycles. The van der Waals surface area contributed by atoms with Gasteiger partial charge in [-0.25, -0.2) is 9.37 Å². The molecule has 0 aliphatic carbocycles. The van der Waals surface area contributed by atoms with E-state index in [9.17, 15) is 32.2 Å². The number of halogens is 5. The molecule has 1 atom stereocenters. The Labute approximate surface area is 149 Å².